The van der Waals surface area contributed by atoms with Gasteiger partial charge in [0.15, 0.2) is 17.2 Å². The molecular formula is C24H26F4N2O4. The number of rotatable bonds is 8. The van der Waals surface area contributed by atoms with E-state index in [-0.39, 0.29) is 23.5 Å². The number of halogens is 4. The molecule has 0 bridgehead atoms. The molecule has 2 aromatic rings. The van der Waals surface area contributed by atoms with E-state index in [9.17, 15) is 22.4 Å². The van der Waals surface area contributed by atoms with Crippen LogP contribution in [0, 0.1) is 5.92 Å². The molecule has 1 atom stereocenters. The summed E-state index contributed by atoms with van der Waals surface area (Å²) in [5, 5.41) is 0.472. The van der Waals surface area contributed by atoms with E-state index >= 15 is 0 Å². The highest BCUT2D eigenvalue weighted by Crippen LogP contribution is 2.44. The molecular weight excluding hydrogens is 456 g/mol. The number of ketones is 1. The Morgan fingerprint density at radius 1 is 1.12 bits per heavy atom. The maximum Gasteiger partial charge on any atom is 0.454 e. The van der Waals surface area contributed by atoms with E-state index in [2.05, 4.69) is 4.90 Å². The molecule has 0 aliphatic carbocycles. The van der Waals surface area contributed by atoms with Gasteiger partial charge in [-0.3, -0.25) is 4.79 Å². The largest absolute Gasteiger partial charge is 0.493 e. The molecule has 2 heterocycles. The number of Topliss-reactive ketones (excluding diaryl/α,β-unsaturated/α-hetero) is 1. The average molecular weight is 482 g/mol. The van der Waals surface area contributed by atoms with Crippen molar-refractivity contribution < 1.29 is 36.8 Å². The van der Waals surface area contributed by atoms with E-state index in [1.54, 1.807) is 6.07 Å². The van der Waals surface area contributed by atoms with E-state index in [0.29, 0.717) is 24.1 Å². The van der Waals surface area contributed by atoms with E-state index in [4.69, 9.17) is 14.3 Å². The number of hydrogen-bond acceptors (Lipinski definition) is 6. The molecule has 6 nitrogen and oxygen atoms in total. The van der Waals surface area contributed by atoms with Gasteiger partial charge in [0.1, 0.15) is 6.04 Å². The summed E-state index contributed by atoms with van der Waals surface area (Å²) in [4.78, 5) is 18.9. The lowest BCUT2D eigenvalue weighted by Gasteiger charge is -2.34. The standard InChI is InChI=1S/C24H26F4N2O4/c1-32-21-15-17(23(31)24(25,26)27)7-8-20(21)33-14-4-11-29-12-9-16(10-13-29)22-18-5-2-3-6-19(18)34-30(22)28/h2-3,5-8,15-16,22H,4,9-14H2,1H3. The van der Waals surface area contributed by atoms with Gasteiger partial charge in [0.05, 0.1) is 13.7 Å². The van der Waals surface area contributed by atoms with Crippen molar-refractivity contribution in [1.29, 1.82) is 0 Å². The lowest BCUT2D eigenvalue weighted by Crippen LogP contribution is -2.38. The van der Waals surface area contributed by atoms with E-state index in [0.717, 1.165) is 50.2 Å². The molecule has 1 fully saturated rings. The molecule has 184 valence electrons. The first-order valence-electron chi connectivity index (χ1n) is 11.1. The summed E-state index contributed by atoms with van der Waals surface area (Å²) in [7, 11) is 1.31. The second kappa shape index (κ2) is 10.2. The maximum absolute atomic E-state index is 14.4. The van der Waals surface area contributed by atoms with Crippen molar-refractivity contribution in [3.63, 3.8) is 0 Å². The zero-order chi connectivity index (χ0) is 24.3. The quantitative estimate of drug-likeness (QED) is 0.224. The Balaban J connectivity index is 1.23. The third-order valence-electron chi connectivity index (χ3n) is 6.28. The van der Waals surface area contributed by atoms with Gasteiger partial charge < -0.3 is 19.2 Å². The van der Waals surface area contributed by atoms with Crippen LogP contribution in [0.15, 0.2) is 42.5 Å². The first kappa shape index (κ1) is 24.3. The van der Waals surface area contributed by atoms with E-state index < -0.39 is 17.5 Å². The minimum absolute atomic E-state index is 0.0748. The molecule has 0 radical (unpaired) electrons. The summed E-state index contributed by atoms with van der Waals surface area (Å²) in [5.74, 6) is -0.845. The van der Waals surface area contributed by atoms with Crippen LogP contribution in [0.5, 0.6) is 17.2 Å². The Labute approximate surface area is 194 Å². The summed E-state index contributed by atoms with van der Waals surface area (Å²) in [6.45, 7) is 2.77. The average Bonchev–Trinajstić information content (AvgIpc) is 3.17. The maximum atomic E-state index is 14.4. The highest BCUT2D eigenvalue weighted by atomic mass is 19.4. The second-order valence-electron chi connectivity index (χ2n) is 8.42. The molecule has 2 aliphatic rings. The Hall–Kier alpha value is -2.85. The number of carbonyl (C=O) groups is 1. The van der Waals surface area contributed by atoms with Gasteiger partial charge in [-0.2, -0.15) is 13.2 Å². The minimum Gasteiger partial charge on any atom is -0.493 e. The van der Waals surface area contributed by atoms with Gasteiger partial charge in [-0.15, -0.1) is 0 Å². The molecule has 2 aromatic carbocycles. The topological polar surface area (TPSA) is 51.2 Å². The molecule has 0 aromatic heterocycles. The van der Waals surface area contributed by atoms with Crippen LogP contribution < -0.4 is 14.3 Å². The number of para-hydroxylation sites is 1. The molecule has 2 aliphatic heterocycles. The van der Waals surface area contributed by atoms with Crippen molar-refractivity contribution in [1.82, 2.24) is 10.2 Å². The molecule has 4 rings (SSSR count). The van der Waals surface area contributed by atoms with Crippen molar-refractivity contribution in [2.24, 2.45) is 5.92 Å². The number of hydroxylamine groups is 1. The molecule has 10 heteroatoms. The van der Waals surface area contributed by atoms with E-state index in [1.807, 2.05) is 18.2 Å². The van der Waals surface area contributed by atoms with Crippen LogP contribution in [-0.4, -0.2) is 55.5 Å². The van der Waals surface area contributed by atoms with Crippen molar-refractivity contribution in [2.45, 2.75) is 31.5 Å². The van der Waals surface area contributed by atoms with Crippen LogP contribution in [0.1, 0.15) is 41.2 Å². The number of ether oxygens (including phenoxy) is 2. The van der Waals surface area contributed by atoms with Crippen LogP contribution in [0.3, 0.4) is 0 Å². The van der Waals surface area contributed by atoms with Gasteiger partial charge >= 0.3 is 6.18 Å². The molecule has 0 saturated carbocycles. The molecule has 1 unspecified atom stereocenters. The Morgan fingerprint density at radius 2 is 1.85 bits per heavy atom. The number of benzene rings is 2. The fourth-order valence-corrected chi connectivity index (χ4v) is 4.54. The van der Waals surface area contributed by atoms with Crippen molar-refractivity contribution in [2.75, 3.05) is 33.4 Å². The van der Waals surface area contributed by atoms with Gasteiger partial charge in [0.2, 0.25) is 0 Å². The third kappa shape index (κ3) is 5.28. The van der Waals surface area contributed by atoms with Gasteiger partial charge in [0.25, 0.3) is 5.78 Å². The normalized spacial score (nSPS) is 19.5. The second-order valence-corrected chi connectivity index (χ2v) is 8.42. The summed E-state index contributed by atoms with van der Waals surface area (Å²) in [5.41, 5.74) is 0.385. The smallest absolute Gasteiger partial charge is 0.454 e. The predicted molar refractivity (Wildman–Crippen MR) is 115 cm³/mol. The summed E-state index contributed by atoms with van der Waals surface area (Å²) < 4.78 is 63.0. The Morgan fingerprint density at radius 3 is 2.56 bits per heavy atom. The zero-order valence-electron chi connectivity index (χ0n) is 18.7. The first-order valence-corrected chi connectivity index (χ1v) is 11.1. The van der Waals surface area contributed by atoms with Crippen molar-refractivity contribution in [3.05, 3.63) is 53.6 Å². The Kier molecular flexibility index (Phi) is 7.27. The van der Waals surface area contributed by atoms with Gasteiger partial charge in [0, 0.05) is 23.0 Å². The van der Waals surface area contributed by atoms with Crippen molar-refractivity contribution in [3.8, 4) is 17.2 Å². The number of fused-ring (bicyclic) bond motifs is 1. The zero-order valence-corrected chi connectivity index (χ0v) is 18.7. The summed E-state index contributed by atoms with van der Waals surface area (Å²) in [6.07, 6.45) is -2.57. The Bertz CT molecular complexity index is 1010. The lowest BCUT2D eigenvalue weighted by molar-refractivity contribution is -0.235. The van der Waals surface area contributed by atoms with Crippen molar-refractivity contribution >= 4 is 5.78 Å². The van der Waals surface area contributed by atoms with Crippen LogP contribution >= 0.6 is 0 Å². The van der Waals surface area contributed by atoms with Crippen LogP contribution in [0.25, 0.3) is 0 Å². The third-order valence-corrected chi connectivity index (χ3v) is 6.28. The number of piperidine rings is 1. The van der Waals surface area contributed by atoms with Gasteiger partial charge in [-0.25, -0.2) is 0 Å². The molecule has 0 spiro atoms. The number of likely N-dealkylation sites (tertiary alicyclic amines) is 1. The summed E-state index contributed by atoms with van der Waals surface area (Å²) >= 11 is 0. The number of hydrogen-bond donors (Lipinski definition) is 0. The van der Waals surface area contributed by atoms with Crippen LogP contribution in [0.2, 0.25) is 0 Å². The monoisotopic (exact) mass is 482 g/mol. The highest BCUT2D eigenvalue weighted by Gasteiger charge is 2.41. The molecule has 0 N–H and O–H groups in total. The van der Waals surface area contributed by atoms with E-state index in [1.165, 1.54) is 13.2 Å². The van der Waals surface area contributed by atoms with Crippen LogP contribution in [0.4, 0.5) is 17.7 Å². The number of carbonyl (C=O) groups excluding carboxylic acids is 1. The lowest BCUT2D eigenvalue weighted by atomic mass is 9.86. The first-order chi connectivity index (χ1) is 16.3. The molecule has 0 amide bonds. The van der Waals surface area contributed by atoms with Gasteiger partial charge in [-0.05, 0) is 62.5 Å². The minimum atomic E-state index is -4.95. The highest BCUT2D eigenvalue weighted by molar-refractivity contribution is 6.00. The fraction of sp³-hybridized carbons (Fsp3) is 0.458. The SMILES string of the molecule is COc1cc(C(=O)C(F)(F)F)ccc1OCCCN1CCC(C2c3ccccc3ON2F)CC1. The van der Waals surface area contributed by atoms with Crippen LogP contribution in [-0.2, 0) is 0 Å². The molecule has 34 heavy (non-hydrogen) atoms. The van der Waals surface area contributed by atoms with Gasteiger partial charge in [-0.1, -0.05) is 22.7 Å². The number of alkyl halides is 3. The fourth-order valence-electron chi connectivity index (χ4n) is 4.54. The number of nitrogens with zero attached hydrogens (tertiary/aromatic N) is 2. The summed E-state index contributed by atoms with van der Waals surface area (Å²) in [6, 6.07) is 10.4. The predicted octanol–water partition coefficient (Wildman–Crippen LogP) is 5.16. The number of methoxy groups -OCH3 is 1. The molecule has 1 saturated heterocycles.